The van der Waals surface area contributed by atoms with E-state index in [1.54, 1.807) is 11.8 Å². The number of nitrogens with zero attached hydrogens (tertiary/aromatic N) is 5. The Morgan fingerprint density at radius 2 is 2.10 bits per heavy atom. The van der Waals surface area contributed by atoms with Crippen LogP contribution in [0.3, 0.4) is 0 Å². The summed E-state index contributed by atoms with van der Waals surface area (Å²) < 4.78 is 4.19. The van der Waals surface area contributed by atoms with E-state index >= 15 is 0 Å². The third-order valence-corrected chi connectivity index (χ3v) is 4.30. The minimum Gasteiger partial charge on any atom is -0.307 e. The van der Waals surface area contributed by atoms with Gasteiger partial charge in [0.2, 0.25) is 0 Å². The van der Waals surface area contributed by atoms with Gasteiger partial charge in [-0.2, -0.15) is 0 Å². The fourth-order valence-electron chi connectivity index (χ4n) is 2.24. The van der Waals surface area contributed by atoms with E-state index in [0.717, 1.165) is 34.6 Å². The van der Waals surface area contributed by atoms with Gasteiger partial charge in [0, 0.05) is 24.7 Å². The summed E-state index contributed by atoms with van der Waals surface area (Å²) in [5.74, 6) is 1.76. The van der Waals surface area contributed by atoms with E-state index in [1.165, 1.54) is 5.56 Å². The van der Waals surface area contributed by atoms with Gasteiger partial charge in [-0.25, -0.2) is 4.98 Å². The van der Waals surface area contributed by atoms with E-state index in [1.807, 2.05) is 19.2 Å². The Morgan fingerprint density at radius 3 is 2.85 bits per heavy atom. The van der Waals surface area contributed by atoms with Crippen LogP contribution in [0.4, 0.5) is 0 Å². The van der Waals surface area contributed by atoms with E-state index in [9.17, 15) is 0 Å². The summed E-state index contributed by atoms with van der Waals surface area (Å²) in [7, 11) is 0. The molecule has 20 heavy (non-hydrogen) atoms. The maximum absolute atomic E-state index is 4.67. The Kier molecular flexibility index (Phi) is 3.48. The molecular weight excluding hydrogens is 270 g/mol. The minimum atomic E-state index is 0.805. The largest absolute Gasteiger partial charge is 0.307 e. The molecule has 0 spiro atoms. The molecule has 0 aliphatic carbocycles. The second-order valence-electron chi connectivity index (χ2n) is 4.72. The smallest absolute Gasteiger partial charge is 0.191 e. The highest BCUT2D eigenvalue weighted by atomic mass is 32.2. The van der Waals surface area contributed by atoms with Crippen molar-refractivity contribution in [2.45, 2.75) is 38.2 Å². The van der Waals surface area contributed by atoms with Gasteiger partial charge in [-0.3, -0.25) is 0 Å². The highest BCUT2D eigenvalue weighted by molar-refractivity contribution is 7.98. The maximum atomic E-state index is 4.67. The first kappa shape index (κ1) is 13.2. The fourth-order valence-corrected chi connectivity index (χ4v) is 3.18. The molecule has 3 aromatic heterocycles. The first-order valence-corrected chi connectivity index (χ1v) is 7.63. The number of fused-ring (bicyclic) bond motifs is 1. The van der Waals surface area contributed by atoms with Crippen LogP contribution in [-0.2, 0) is 12.3 Å². The lowest BCUT2D eigenvalue weighted by molar-refractivity contribution is 0.662. The molecular formula is C14H17N5S. The molecule has 5 nitrogen and oxygen atoms in total. The summed E-state index contributed by atoms with van der Waals surface area (Å²) in [6.45, 7) is 7.06. The lowest BCUT2D eigenvalue weighted by atomic mass is 10.3. The molecule has 0 N–H and O–H groups in total. The Labute approximate surface area is 122 Å². The Morgan fingerprint density at radius 1 is 1.25 bits per heavy atom. The quantitative estimate of drug-likeness (QED) is 0.692. The van der Waals surface area contributed by atoms with Gasteiger partial charge >= 0.3 is 0 Å². The zero-order valence-corrected chi connectivity index (χ0v) is 12.7. The van der Waals surface area contributed by atoms with Crippen LogP contribution in [0.5, 0.6) is 0 Å². The van der Waals surface area contributed by atoms with E-state index in [0.29, 0.717) is 0 Å². The molecule has 0 saturated heterocycles. The fraction of sp³-hybridized carbons (Fsp3) is 0.357. The summed E-state index contributed by atoms with van der Waals surface area (Å²) in [6, 6.07) is 4.12. The molecule has 6 heteroatoms. The lowest BCUT2D eigenvalue weighted by Crippen LogP contribution is -1.99. The van der Waals surface area contributed by atoms with Crippen molar-refractivity contribution in [3.63, 3.8) is 0 Å². The molecule has 0 bridgehead atoms. The van der Waals surface area contributed by atoms with Crippen LogP contribution >= 0.6 is 11.8 Å². The van der Waals surface area contributed by atoms with Crippen molar-refractivity contribution in [1.29, 1.82) is 0 Å². The van der Waals surface area contributed by atoms with Crippen LogP contribution in [0.15, 0.2) is 29.7 Å². The van der Waals surface area contributed by atoms with Gasteiger partial charge in [-0.05, 0) is 32.4 Å². The van der Waals surface area contributed by atoms with Crippen molar-refractivity contribution in [1.82, 2.24) is 24.1 Å². The van der Waals surface area contributed by atoms with Gasteiger partial charge in [0.25, 0.3) is 0 Å². The van der Waals surface area contributed by atoms with Crippen LogP contribution in [0.25, 0.3) is 5.65 Å². The van der Waals surface area contributed by atoms with E-state index in [4.69, 9.17) is 0 Å². The normalized spacial score (nSPS) is 11.3. The Hall–Kier alpha value is -1.82. The second-order valence-corrected chi connectivity index (χ2v) is 5.66. The Bertz CT molecular complexity index is 743. The summed E-state index contributed by atoms with van der Waals surface area (Å²) in [5, 5.41) is 9.29. The van der Waals surface area contributed by atoms with Gasteiger partial charge < -0.3 is 8.97 Å². The average Bonchev–Trinajstić information content (AvgIpc) is 3.00. The van der Waals surface area contributed by atoms with Crippen molar-refractivity contribution in [2.75, 3.05) is 0 Å². The zero-order chi connectivity index (χ0) is 14.1. The molecule has 0 unspecified atom stereocenters. The summed E-state index contributed by atoms with van der Waals surface area (Å²) in [5.41, 5.74) is 3.28. The molecule has 3 rings (SSSR count). The number of aromatic nitrogens is 5. The number of hydrogen-bond acceptors (Lipinski definition) is 4. The summed E-state index contributed by atoms with van der Waals surface area (Å²) in [6.07, 6.45) is 4.11. The molecule has 0 aliphatic heterocycles. The maximum Gasteiger partial charge on any atom is 0.191 e. The SMILES string of the molecule is CCn1c(C)nnc1SCc1cn2cccc(C)c2n1. The van der Waals surface area contributed by atoms with Crippen molar-refractivity contribution >= 4 is 17.4 Å². The standard InChI is InChI=1S/C14H17N5S/c1-4-19-11(3)16-17-14(19)20-9-12-8-18-7-5-6-10(2)13(18)15-12/h5-8H,4,9H2,1-3H3. The number of aryl methyl sites for hydroxylation is 2. The predicted octanol–water partition coefficient (Wildman–Crippen LogP) is 2.85. The van der Waals surface area contributed by atoms with Gasteiger partial charge in [-0.15, -0.1) is 10.2 Å². The van der Waals surface area contributed by atoms with Crippen LogP contribution in [0.1, 0.15) is 24.0 Å². The van der Waals surface area contributed by atoms with Crippen LogP contribution < -0.4 is 0 Å². The first-order chi connectivity index (χ1) is 9.69. The van der Waals surface area contributed by atoms with Crippen LogP contribution in [-0.4, -0.2) is 24.1 Å². The van der Waals surface area contributed by atoms with Crippen LogP contribution in [0, 0.1) is 13.8 Å². The molecule has 0 atom stereocenters. The summed E-state index contributed by atoms with van der Waals surface area (Å²) >= 11 is 1.68. The highest BCUT2D eigenvalue weighted by Gasteiger charge is 2.10. The van der Waals surface area contributed by atoms with Crippen LogP contribution in [0.2, 0.25) is 0 Å². The van der Waals surface area contributed by atoms with Gasteiger partial charge in [0.05, 0.1) is 5.69 Å². The van der Waals surface area contributed by atoms with Crippen molar-refractivity contribution in [2.24, 2.45) is 0 Å². The minimum absolute atomic E-state index is 0.805. The third-order valence-electron chi connectivity index (χ3n) is 3.29. The number of pyridine rings is 1. The molecule has 0 saturated carbocycles. The molecule has 3 heterocycles. The molecule has 0 fully saturated rings. The van der Waals surface area contributed by atoms with Gasteiger partial charge in [-0.1, -0.05) is 17.8 Å². The van der Waals surface area contributed by atoms with E-state index in [-0.39, 0.29) is 0 Å². The van der Waals surface area contributed by atoms with Gasteiger partial charge in [0.15, 0.2) is 5.16 Å². The van der Waals surface area contributed by atoms with Gasteiger partial charge in [0.1, 0.15) is 11.5 Å². The van der Waals surface area contributed by atoms with Crippen molar-refractivity contribution in [3.05, 3.63) is 41.6 Å². The number of imidazole rings is 1. The molecule has 0 amide bonds. The van der Waals surface area contributed by atoms with Crippen molar-refractivity contribution < 1.29 is 0 Å². The zero-order valence-electron chi connectivity index (χ0n) is 11.9. The van der Waals surface area contributed by atoms with E-state index in [2.05, 4.69) is 50.3 Å². The Balaban J connectivity index is 1.81. The van der Waals surface area contributed by atoms with E-state index < -0.39 is 0 Å². The number of hydrogen-bond donors (Lipinski definition) is 0. The summed E-state index contributed by atoms with van der Waals surface area (Å²) in [4.78, 5) is 4.67. The second kappa shape index (κ2) is 5.28. The topological polar surface area (TPSA) is 48.0 Å². The molecule has 0 aliphatic rings. The average molecular weight is 287 g/mol. The molecule has 3 aromatic rings. The lowest BCUT2D eigenvalue weighted by Gasteiger charge is -2.03. The molecule has 0 radical (unpaired) electrons. The predicted molar refractivity (Wildman–Crippen MR) is 79.9 cm³/mol. The molecule has 104 valence electrons. The number of thioether (sulfide) groups is 1. The monoisotopic (exact) mass is 287 g/mol. The first-order valence-electron chi connectivity index (χ1n) is 6.65. The highest BCUT2D eigenvalue weighted by Crippen LogP contribution is 2.22. The van der Waals surface area contributed by atoms with Crippen molar-refractivity contribution in [3.8, 4) is 0 Å². The number of rotatable bonds is 4. The molecule has 0 aromatic carbocycles. The third kappa shape index (κ3) is 2.31.